The second-order valence-electron chi connectivity index (χ2n) is 3.99. The third-order valence-corrected chi connectivity index (χ3v) is 2.55. The molecule has 0 aliphatic carbocycles. The summed E-state index contributed by atoms with van der Waals surface area (Å²) in [5, 5.41) is 0. The molecule has 19 heavy (non-hydrogen) atoms. The number of rotatable bonds is 2. The molecule has 0 fully saturated rings. The Labute approximate surface area is 106 Å². The van der Waals surface area contributed by atoms with Gasteiger partial charge in [0.05, 0.1) is 0 Å². The van der Waals surface area contributed by atoms with Gasteiger partial charge in [-0.05, 0) is 19.1 Å². The molecule has 7 heteroatoms. The molecular formula is C12H10F3N3O. The third-order valence-electron chi connectivity index (χ3n) is 2.55. The number of alkyl halides is 3. The van der Waals surface area contributed by atoms with Crippen LogP contribution in [0.1, 0.15) is 21.9 Å². The standard InChI is InChI=1S/C12H10F3N3O/c1-6-17-9(10(18-6)12(13,14)15)7-2-4-8(5-3-7)11(16)19/h2-5H,1H3,(H2,16,19)(H,17,18). The number of amides is 1. The van der Waals surface area contributed by atoms with Crippen LogP contribution in [0.2, 0.25) is 0 Å². The first kappa shape index (κ1) is 13.1. The van der Waals surface area contributed by atoms with Crippen molar-refractivity contribution >= 4 is 5.91 Å². The van der Waals surface area contributed by atoms with Gasteiger partial charge in [-0.1, -0.05) is 12.1 Å². The highest BCUT2D eigenvalue weighted by molar-refractivity contribution is 5.93. The van der Waals surface area contributed by atoms with Gasteiger partial charge in [0.25, 0.3) is 0 Å². The highest BCUT2D eigenvalue weighted by Crippen LogP contribution is 2.35. The summed E-state index contributed by atoms with van der Waals surface area (Å²) in [5.41, 5.74) is 4.46. The van der Waals surface area contributed by atoms with Gasteiger partial charge in [0, 0.05) is 11.1 Å². The van der Waals surface area contributed by atoms with Crippen LogP contribution in [-0.4, -0.2) is 15.9 Å². The number of aromatic amines is 1. The Hall–Kier alpha value is -2.31. The van der Waals surface area contributed by atoms with Crippen molar-refractivity contribution in [3.05, 3.63) is 41.3 Å². The lowest BCUT2D eigenvalue weighted by atomic mass is 10.1. The number of carbonyl (C=O) groups is 1. The second-order valence-corrected chi connectivity index (χ2v) is 3.99. The molecule has 4 nitrogen and oxygen atoms in total. The van der Waals surface area contributed by atoms with E-state index in [0.29, 0.717) is 0 Å². The van der Waals surface area contributed by atoms with Crippen LogP contribution in [0.25, 0.3) is 11.3 Å². The molecule has 0 aliphatic rings. The first-order chi connectivity index (χ1) is 8.79. The molecule has 2 rings (SSSR count). The Morgan fingerprint density at radius 2 is 1.84 bits per heavy atom. The second kappa shape index (κ2) is 4.42. The van der Waals surface area contributed by atoms with Crippen LogP contribution >= 0.6 is 0 Å². The lowest BCUT2D eigenvalue weighted by Gasteiger charge is -2.06. The van der Waals surface area contributed by atoms with E-state index in [1.807, 2.05) is 0 Å². The fraction of sp³-hybridized carbons (Fsp3) is 0.167. The van der Waals surface area contributed by atoms with Gasteiger partial charge in [-0.2, -0.15) is 13.2 Å². The van der Waals surface area contributed by atoms with E-state index in [0.717, 1.165) is 0 Å². The van der Waals surface area contributed by atoms with E-state index in [1.54, 1.807) is 0 Å². The van der Waals surface area contributed by atoms with Crippen molar-refractivity contribution in [1.29, 1.82) is 0 Å². The smallest absolute Gasteiger partial charge is 0.366 e. The topological polar surface area (TPSA) is 71.8 Å². The predicted molar refractivity (Wildman–Crippen MR) is 62.3 cm³/mol. The summed E-state index contributed by atoms with van der Waals surface area (Å²) in [6.07, 6.45) is -4.51. The maximum atomic E-state index is 12.8. The van der Waals surface area contributed by atoms with Crippen molar-refractivity contribution in [2.24, 2.45) is 5.73 Å². The molecule has 100 valence electrons. The molecule has 1 aromatic carbocycles. The number of nitrogens with two attached hydrogens (primary N) is 1. The number of nitrogens with zero attached hydrogens (tertiary/aromatic N) is 1. The zero-order valence-corrected chi connectivity index (χ0v) is 9.88. The van der Waals surface area contributed by atoms with Gasteiger partial charge in [-0.3, -0.25) is 4.79 Å². The van der Waals surface area contributed by atoms with Crippen molar-refractivity contribution in [2.45, 2.75) is 13.1 Å². The van der Waals surface area contributed by atoms with Gasteiger partial charge in [0.1, 0.15) is 17.2 Å². The van der Waals surface area contributed by atoms with Crippen LogP contribution < -0.4 is 5.73 Å². The van der Waals surface area contributed by atoms with Gasteiger partial charge in [-0.25, -0.2) is 4.98 Å². The van der Waals surface area contributed by atoms with Crippen molar-refractivity contribution in [3.63, 3.8) is 0 Å². The molecule has 0 radical (unpaired) electrons. The van der Waals surface area contributed by atoms with Gasteiger partial charge >= 0.3 is 6.18 Å². The number of primary amides is 1. The maximum Gasteiger partial charge on any atom is 0.433 e. The lowest BCUT2D eigenvalue weighted by Crippen LogP contribution is -2.10. The van der Waals surface area contributed by atoms with Crippen LogP contribution in [-0.2, 0) is 6.18 Å². The SMILES string of the molecule is Cc1nc(-c2ccc(C(N)=O)cc2)c(C(F)(F)F)[nH]1. The number of benzene rings is 1. The van der Waals surface area contributed by atoms with Crippen molar-refractivity contribution < 1.29 is 18.0 Å². The van der Waals surface area contributed by atoms with E-state index in [-0.39, 0.29) is 22.6 Å². The Morgan fingerprint density at radius 1 is 1.26 bits per heavy atom. The molecule has 0 saturated carbocycles. The number of hydrogen-bond donors (Lipinski definition) is 2. The summed E-state index contributed by atoms with van der Waals surface area (Å²) >= 11 is 0. The number of aryl methyl sites for hydroxylation is 1. The van der Waals surface area contributed by atoms with E-state index < -0.39 is 17.8 Å². The van der Waals surface area contributed by atoms with Crippen molar-refractivity contribution in [3.8, 4) is 11.3 Å². The van der Waals surface area contributed by atoms with Gasteiger partial charge in [0.2, 0.25) is 5.91 Å². The number of halogens is 3. The summed E-state index contributed by atoms with van der Waals surface area (Å²) in [4.78, 5) is 16.9. The molecule has 0 bridgehead atoms. The first-order valence-electron chi connectivity index (χ1n) is 5.33. The van der Waals surface area contributed by atoms with E-state index in [4.69, 9.17) is 5.73 Å². The maximum absolute atomic E-state index is 12.8. The van der Waals surface area contributed by atoms with Crippen molar-refractivity contribution in [1.82, 2.24) is 9.97 Å². The minimum absolute atomic E-state index is 0.168. The minimum Gasteiger partial charge on any atom is -0.366 e. The number of carbonyl (C=O) groups excluding carboxylic acids is 1. The predicted octanol–water partition coefficient (Wildman–Crippen LogP) is 2.50. The summed E-state index contributed by atoms with van der Waals surface area (Å²) in [6, 6.07) is 5.49. The average Bonchev–Trinajstić information content (AvgIpc) is 2.71. The molecule has 1 heterocycles. The van der Waals surface area contributed by atoms with Gasteiger partial charge in [-0.15, -0.1) is 0 Å². The minimum atomic E-state index is -4.51. The summed E-state index contributed by atoms with van der Waals surface area (Å²) < 4.78 is 38.4. The molecule has 2 aromatic rings. The normalized spacial score (nSPS) is 11.6. The van der Waals surface area contributed by atoms with Crippen molar-refractivity contribution in [2.75, 3.05) is 0 Å². The number of nitrogens with one attached hydrogen (secondary N) is 1. The molecule has 0 unspecified atom stereocenters. The van der Waals surface area contributed by atoms with Crippen LogP contribution in [0.5, 0.6) is 0 Å². The van der Waals surface area contributed by atoms with Crippen LogP contribution in [0, 0.1) is 6.92 Å². The van der Waals surface area contributed by atoms with Gasteiger partial charge in [0.15, 0.2) is 0 Å². The molecular weight excluding hydrogens is 259 g/mol. The monoisotopic (exact) mass is 269 g/mol. The highest BCUT2D eigenvalue weighted by Gasteiger charge is 2.36. The van der Waals surface area contributed by atoms with E-state index in [1.165, 1.54) is 31.2 Å². The van der Waals surface area contributed by atoms with Crippen LogP contribution in [0.4, 0.5) is 13.2 Å². The zero-order chi connectivity index (χ0) is 14.2. The largest absolute Gasteiger partial charge is 0.433 e. The molecule has 0 spiro atoms. The number of imidazole rings is 1. The summed E-state index contributed by atoms with van der Waals surface area (Å²) in [7, 11) is 0. The quantitative estimate of drug-likeness (QED) is 0.879. The first-order valence-corrected chi connectivity index (χ1v) is 5.33. The summed E-state index contributed by atoms with van der Waals surface area (Å²) in [5.74, 6) is -0.470. The van der Waals surface area contributed by atoms with E-state index in [9.17, 15) is 18.0 Å². The Morgan fingerprint density at radius 3 is 2.32 bits per heavy atom. The average molecular weight is 269 g/mol. The summed E-state index contributed by atoms with van der Waals surface area (Å²) in [6.45, 7) is 1.44. The van der Waals surface area contributed by atoms with Crippen LogP contribution in [0.3, 0.4) is 0 Å². The third kappa shape index (κ3) is 2.59. The fourth-order valence-corrected chi connectivity index (χ4v) is 1.70. The molecule has 0 saturated heterocycles. The van der Waals surface area contributed by atoms with Gasteiger partial charge < -0.3 is 10.7 Å². The number of H-pyrrole nitrogens is 1. The molecule has 0 atom stereocenters. The van der Waals surface area contributed by atoms with E-state index >= 15 is 0 Å². The Kier molecular flexibility index (Phi) is 3.05. The molecule has 3 N–H and O–H groups in total. The Balaban J connectivity index is 2.50. The highest BCUT2D eigenvalue weighted by atomic mass is 19.4. The lowest BCUT2D eigenvalue weighted by molar-refractivity contribution is -0.140. The number of aromatic nitrogens is 2. The Bertz CT molecular complexity index is 614. The number of hydrogen-bond acceptors (Lipinski definition) is 2. The molecule has 0 aliphatic heterocycles. The van der Waals surface area contributed by atoms with E-state index in [2.05, 4.69) is 9.97 Å². The van der Waals surface area contributed by atoms with Crippen LogP contribution in [0.15, 0.2) is 24.3 Å². The fourth-order valence-electron chi connectivity index (χ4n) is 1.70. The molecule has 1 aromatic heterocycles. The molecule has 1 amide bonds. The zero-order valence-electron chi connectivity index (χ0n) is 9.88.